The minimum atomic E-state index is -0.103. The molecule has 0 aromatic carbocycles. The lowest BCUT2D eigenvalue weighted by molar-refractivity contribution is 0.350. The van der Waals surface area contributed by atoms with Crippen LogP contribution in [0.4, 0.5) is 0 Å². The van der Waals surface area contributed by atoms with Crippen molar-refractivity contribution in [2.75, 3.05) is 6.61 Å². The topological polar surface area (TPSA) is 20.2 Å². The Balaban J connectivity index is 3.22. The molecule has 0 saturated carbocycles. The summed E-state index contributed by atoms with van der Waals surface area (Å²) in [7, 11) is 0. The van der Waals surface area contributed by atoms with Gasteiger partial charge < -0.3 is 5.11 Å². The molecule has 0 amide bonds. The van der Waals surface area contributed by atoms with Gasteiger partial charge in [0, 0.05) is 6.42 Å². The Labute approximate surface area is 80.9 Å². The number of aliphatic hydroxyl groups excluding tert-OH is 1. The van der Waals surface area contributed by atoms with Gasteiger partial charge >= 0.3 is 0 Å². The van der Waals surface area contributed by atoms with E-state index in [1.165, 1.54) is 12.8 Å². The maximum Gasteiger partial charge on any atom is 0.105 e. The molecular weight excluding hydrogens is 160 g/mol. The molecule has 1 N–H and O–H groups in total. The monoisotopic (exact) mass is 176 g/mol. The molecule has 0 bridgehead atoms. The fraction of sp³-hybridized carbons (Fsp3) is 0.500. The summed E-state index contributed by atoms with van der Waals surface area (Å²) in [5.41, 5.74) is 0. The fourth-order valence-electron chi connectivity index (χ4n) is 0.869. The van der Waals surface area contributed by atoms with Crippen LogP contribution < -0.4 is 0 Å². The van der Waals surface area contributed by atoms with Gasteiger partial charge in [-0.25, -0.2) is 0 Å². The van der Waals surface area contributed by atoms with Gasteiger partial charge in [0.05, 0.1) is 0 Å². The van der Waals surface area contributed by atoms with Crippen molar-refractivity contribution in [3.63, 3.8) is 0 Å². The molecule has 0 aromatic heterocycles. The Morgan fingerprint density at radius 3 is 2.54 bits per heavy atom. The normalized spacial score (nSPS) is 7.77. The van der Waals surface area contributed by atoms with Gasteiger partial charge in [-0.2, -0.15) is 0 Å². The van der Waals surface area contributed by atoms with Crippen molar-refractivity contribution in [1.29, 1.82) is 0 Å². The van der Waals surface area contributed by atoms with Gasteiger partial charge in [0.25, 0.3) is 0 Å². The van der Waals surface area contributed by atoms with Crippen molar-refractivity contribution in [3.8, 4) is 23.7 Å². The molecule has 1 nitrogen and oxygen atoms in total. The standard InChI is InChI=1S/C12H16O/c1-2-3-4-5-6-7-8-9-10-11-12-13/h2,13H,1,3-7,12H2. The molecule has 1 heteroatoms. The molecule has 0 aliphatic rings. The number of aliphatic hydroxyl groups is 1. The van der Waals surface area contributed by atoms with E-state index in [1.54, 1.807) is 0 Å². The quantitative estimate of drug-likeness (QED) is 0.386. The maximum absolute atomic E-state index is 8.32. The highest BCUT2D eigenvalue weighted by Crippen LogP contribution is 2.01. The van der Waals surface area contributed by atoms with E-state index in [4.69, 9.17) is 5.11 Å². The van der Waals surface area contributed by atoms with Gasteiger partial charge in [0.2, 0.25) is 0 Å². The lowest BCUT2D eigenvalue weighted by Crippen LogP contribution is -1.74. The summed E-state index contributed by atoms with van der Waals surface area (Å²) >= 11 is 0. The Morgan fingerprint density at radius 1 is 1.08 bits per heavy atom. The molecular formula is C12H16O. The van der Waals surface area contributed by atoms with E-state index in [0.717, 1.165) is 19.3 Å². The lowest BCUT2D eigenvalue weighted by Gasteiger charge is -1.91. The second kappa shape index (κ2) is 10.8. The fourth-order valence-corrected chi connectivity index (χ4v) is 0.869. The Morgan fingerprint density at radius 2 is 1.85 bits per heavy atom. The lowest BCUT2D eigenvalue weighted by atomic mass is 10.1. The summed E-state index contributed by atoms with van der Waals surface area (Å²) < 4.78 is 0. The van der Waals surface area contributed by atoms with Gasteiger partial charge in [-0.3, -0.25) is 0 Å². The van der Waals surface area contributed by atoms with Crippen LogP contribution >= 0.6 is 0 Å². The highest BCUT2D eigenvalue weighted by Gasteiger charge is 1.83. The molecule has 0 radical (unpaired) electrons. The second-order valence-electron chi connectivity index (χ2n) is 2.65. The zero-order valence-electron chi connectivity index (χ0n) is 7.97. The zero-order chi connectivity index (χ0) is 9.78. The molecule has 13 heavy (non-hydrogen) atoms. The predicted octanol–water partition coefficient (Wildman–Crippen LogP) is 2.12. The van der Waals surface area contributed by atoms with Crippen LogP contribution in [0.15, 0.2) is 12.7 Å². The van der Waals surface area contributed by atoms with Crippen LogP contribution in [0.5, 0.6) is 0 Å². The summed E-state index contributed by atoms with van der Waals surface area (Å²) in [5, 5.41) is 8.32. The largest absolute Gasteiger partial charge is 0.384 e. The first-order valence-corrected chi connectivity index (χ1v) is 4.59. The van der Waals surface area contributed by atoms with Crippen molar-refractivity contribution >= 4 is 0 Å². The van der Waals surface area contributed by atoms with Crippen molar-refractivity contribution in [1.82, 2.24) is 0 Å². The number of rotatable bonds is 5. The van der Waals surface area contributed by atoms with E-state index in [1.807, 2.05) is 6.08 Å². The minimum absolute atomic E-state index is 0.103. The van der Waals surface area contributed by atoms with Gasteiger partial charge in [-0.05, 0) is 31.1 Å². The van der Waals surface area contributed by atoms with Gasteiger partial charge in [-0.1, -0.05) is 24.3 Å². The summed E-state index contributed by atoms with van der Waals surface area (Å²) in [5.74, 6) is 10.7. The molecule has 0 aliphatic heterocycles. The number of hydrogen-bond donors (Lipinski definition) is 1. The van der Waals surface area contributed by atoms with E-state index < -0.39 is 0 Å². The highest BCUT2D eigenvalue weighted by molar-refractivity contribution is 5.25. The average Bonchev–Trinajstić information content (AvgIpc) is 2.16. The van der Waals surface area contributed by atoms with Crippen LogP contribution in [0, 0.1) is 23.7 Å². The Kier molecular flexibility index (Phi) is 9.84. The first-order chi connectivity index (χ1) is 6.41. The van der Waals surface area contributed by atoms with Crippen molar-refractivity contribution < 1.29 is 5.11 Å². The van der Waals surface area contributed by atoms with Crippen LogP contribution in [-0.4, -0.2) is 11.7 Å². The summed E-state index contributed by atoms with van der Waals surface area (Å²) in [4.78, 5) is 0. The second-order valence-corrected chi connectivity index (χ2v) is 2.65. The number of allylic oxidation sites excluding steroid dienone is 1. The van der Waals surface area contributed by atoms with Crippen LogP contribution in [-0.2, 0) is 0 Å². The third kappa shape index (κ3) is 10.8. The molecule has 0 heterocycles. The first-order valence-electron chi connectivity index (χ1n) is 4.59. The van der Waals surface area contributed by atoms with E-state index in [0.29, 0.717) is 0 Å². The van der Waals surface area contributed by atoms with Crippen LogP contribution in [0.25, 0.3) is 0 Å². The zero-order valence-corrected chi connectivity index (χ0v) is 7.97. The van der Waals surface area contributed by atoms with Gasteiger partial charge in [0.15, 0.2) is 0 Å². The van der Waals surface area contributed by atoms with Crippen LogP contribution in [0.3, 0.4) is 0 Å². The van der Waals surface area contributed by atoms with Crippen molar-refractivity contribution in [3.05, 3.63) is 12.7 Å². The highest BCUT2D eigenvalue weighted by atomic mass is 16.2. The summed E-state index contributed by atoms with van der Waals surface area (Å²) in [6, 6.07) is 0. The van der Waals surface area contributed by atoms with E-state index in [2.05, 4.69) is 30.3 Å². The van der Waals surface area contributed by atoms with Gasteiger partial charge in [0.1, 0.15) is 6.61 Å². The van der Waals surface area contributed by atoms with E-state index >= 15 is 0 Å². The average molecular weight is 176 g/mol. The predicted molar refractivity (Wildman–Crippen MR) is 55.9 cm³/mol. The third-order valence-corrected chi connectivity index (χ3v) is 1.53. The molecule has 0 spiro atoms. The first kappa shape index (κ1) is 11.8. The Hall–Kier alpha value is -1.18. The smallest absolute Gasteiger partial charge is 0.105 e. The molecule has 0 saturated heterocycles. The minimum Gasteiger partial charge on any atom is -0.384 e. The summed E-state index contributed by atoms with van der Waals surface area (Å²) in [6.07, 6.45) is 7.47. The number of unbranched alkanes of at least 4 members (excludes halogenated alkanes) is 4. The molecule has 0 fully saturated rings. The molecule has 0 aromatic rings. The SMILES string of the molecule is C=CCCCCCC#CC#CCO. The van der Waals surface area contributed by atoms with Crippen molar-refractivity contribution in [2.45, 2.75) is 32.1 Å². The van der Waals surface area contributed by atoms with E-state index in [9.17, 15) is 0 Å². The molecule has 0 atom stereocenters. The Bertz CT molecular complexity index is 231. The van der Waals surface area contributed by atoms with E-state index in [-0.39, 0.29) is 6.61 Å². The maximum atomic E-state index is 8.32. The van der Waals surface area contributed by atoms with Crippen molar-refractivity contribution in [2.24, 2.45) is 0 Å². The van der Waals surface area contributed by atoms with Gasteiger partial charge in [-0.15, -0.1) is 6.58 Å². The third-order valence-electron chi connectivity index (χ3n) is 1.53. The number of hydrogen-bond acceptors (Lipinski definition) is 1. The molecule has 0 rings (SSSR count). The van der Waals surface area contributed by atoms with Crippen LogP contribution in [0.2, 0.25) is 0 Å². The molecule has 70 valence electrons. The molecule has 0 unspecified atom stereocenters. The van der Waals surface area contributed by atoms with Crippen LogP contribution in [0.1, 0.15) is 32.1 Å². The summed E-state index contributed by atoms with van der Waals surface area (Å²) in [6.45, 7) is 3.56. The molecule has 0 aliphatic carbocycles.